The van der Waals surface area contributed by atoms with Crippen LogP contribution in [0.3, 0.4) is 0 Å². The van der Waals surface area contributed by atoms with Gasteiger partial charge >= 0.3 is 0 Å². The van der Waals surface area contributed by atoms with Crippen molar-refractivity contribution in [2.45, 2.75) is 52.4 Å². The van der Waals surface area contributed by atoms with Gasteiger partial charge in [-0.2, -0.15) is 0 Å². The molecular formula is C24H33FN2O. The van der Waals surface area contributed by atoms with Crippen molar-refractivity contribution in [2.75, 3.05) is 19.8 Å². The molecule has 0 spiro atoms. The molecule has 1 atom stereocenters. The van der Waals surface area contributed by atoms with E-state index in [0.717, 1.165) is 44.3 Å². The lowest BCUT2D eigenvalue weighted by Gasteiger charge is -2.23. The van der Waals surface area contributed by atoms with Crippen molar-refractivity contribution in [2.24, 2.45) is 0 Å². The predicted octanol–water partition coefficient (Wildman–Crippen LogP) is 5.57. The van der Waals surface area contributed by atoms with Crippen LogP contribution in [0, 0.1) is 5.82 Å². The molecule has 0 bridgehead atoms. The Bertz CT molecular complexity index is 725. The van der Waals surface area contributed by atoms with Crippen molar-refractivity contribution in [1.29, 1.82) is 0 Å². The Balaban J connectivity index is 1.99. The molecule has 2 aromatic carbocycles. The molecule has 0 radical (unpaired) electrons. The third-order valence-electron chi connectivity index (χ3n) is 5.10. The summed E-state index contributed by atoms with van der Waals surface area (Å²) in [5.41, 5.74) is 2.09. The number of unbranched alkanes of at least 4 members (excludes halogenated alkanes) is 2. The summed E-state index contributed by atoms with van der Waals surface area (Å²) in [5, 5.41) is 3.03. The molecule has 2 rings (SSSR count). The van der Waals surface area contributed by atoms with Crippen LogP contribution < -0.4 is 5.32 Å². The van der Waals surface area contributed by atoms with E-state index >= 15 is 0 Å². The number of rotatable bonds is 11. The van der Waals surface area contributed by atoms with E-state index in [-0.39, 0.29) is 11.7 Å². The molecule has 0 aliphatic carbocycles. The second-order valence-corrected chi connectivity index (χ2v) is 7.35. The van der Waals surface area contributed by atoms with Crippen LogP contribution in [0.2, 0.25) is 0 Å². The molecule has 4 heteroatoms. The fourth-order valence-electron chi connectivity index (χ4n) is 3.18. The maximum atomic E-state index is 14.6. The Morgan fingerprint density at radius 2 is 1.68 bits per heavy atom. The topological polar surface area (TPSA) is 32.3 Å². The van der Waals surface area contributed by atoms with Gasteiger partial charge in [-0.3, -0.25) is 9.69 Å². The van der Waals surface area contributed by atoms with E-state index in [4.69, 9.17) is 0 Å². The van der Waals surface area contributed by atoms with Crippen LogP contribution in [0.25, 0.3) is 11.1 Å². The zero-order chi connectivity index (χ0) is 20.4. The Labute approximate surface area is 169 Å². The highest BCUT2D eigenvalue weighted by atomic mass is 19.1. The van der Waals surface area contributed by atoms with Gasteiger partial charge in [0.15, 0.2) is 0 Å². The number of hydrogen-bond donors (Lipinski definition) is 1. The third kappa shape index (κ3) is 6.45. The van der Waals surface area contributed by atoms with Crippen LogP contribution in [-0.4, -0.2) is 30.6 Å². The normalized spacial score (nSPS) is 12.2. The van der Waals surface area contributed by atoms with E-state index in [2.05, 4.69) is 24.1 Å². The van der Waals surface area contributed by atoms with Crippen molar-refractivity contribution >= 4 is 5.91 Å². The maximum absolute atomic E-state index is 14.6. The number of carbonyl (C=O) groups is 1. The molecule has 1 N–H and O–H groups in total. The average molecular weight is 385 g/mol. The summed E-state index contributed by atoms with van der Waals surface area (Å²) in [6.45, 7) is 8.71. The van der Waals surface area contributed by atoms with Gasteiger partial charge < -0.3 is 5.32 Å². The highest BCUT2D eigenvalue weighted by Crippen LogP contribution is 2.26. The molecule has 0 heterocycles. The van der Waals surface area contributed by atoms with Gasteiger partial charge in [0.05, 0.1) is 12.6 Å². The zero-order valence-electron chi connectivity index (χ0n) is 17.4. The van der Waals surface area contributed by atoms with Crippen LogP contribution >= 0.6 is 0 Å². The molecule has 28 heavy (non-hydrogen) atoms. The Morgan fingerprint density at radius 3 is 2.25 bits per heavy atom. The van der Waals surface area contributed by atoms with Gasteiger partial charge in [0.1, 0.15) is 5.82 Å². The minimum Gasteiger partial charge on any atom is -0.343 e. The predicted molar refractivity (Wildman–Crippen MR) is 115 cm³/mol. The highest BCUT2D eigenvalue weighted by molar-refractivity contribution is 5.83. The molecule has 1 unspecified atom stereocenters. The minimum atomic E-state index is -0.390. The Kier molecular flexibility index (Phi) is 9.15. The van der Waals surface area contributed by atoms with Crippen molar-refractivity contribution in [3.63, 3.8) is 0 Å². The summed E-state index contributed by atoms with van der Waals surface area (Å²) < 4.78 is 14.6. The fourth-order valence-corrected chi connectivity index (χ4v) is 3.18. The van der Waals surface area contributed by atoms with Gasteiger partial charge in [-0.1, -0.05) is 69.2 Å². The number of nitrogens with one attached hydrogen (secondary N) is 1. The quantitative estimate of drug-likeness (QED) is 0.514. The van der Waals surface area contributed by atoms with Crippen LogP contribution in [0.15, 0.2) is 48.5 Å². The van der Waals surface area contributed by atoms with Crippen molar-refractivity contribution in [3.05, 3.63) is 59.9 Å². The molecule has 1 amide bonds. The van der Waals surface area contributed by atoms with E-state index in [1.165, 1.54) is 6.07 Å². The lowest BCUT2D eigenvalue weighted by molar-refractivity contribution is -0.122. The Hall–Kier alpha value is -2.20. The third-order valence-corrected chi connectivity index (χ3v) is 5.10. The number of benzene rings is 2. The number of halogens is 1. The van der Waals surface area contributed by atoms with E-state index in [0.29, 0.717) is 17.8 Å². The summed E-state index contributed by atoms with van der Waals surface area (Å²) in [4.78, 5) is 14.9. The first-order valence-electron chi connectivity index (χ1n) is 10.4. The molecule has 152 valence electrons. The van der Waals surface area contributed by atoms with E-state index in [1.54, 1.807) is 6.07 Å². The van der Waals surface area contributed by atoms with Crippen LogP contribution in [0.1, 0.15) is 57.9 Å². The summed E-state index contributed by atoms with van der Waals surface area (Å²) in [7, 11) is 0. The van der Waals surface area contributed by atoms with Gasteiger partial charge in [0.2, 0.25) is 5.91 Å². The highest BCUT2D eigenvalue weighted by Gasteiger charge is 2.18. The molecule has 0 aliphatic heterocycles. The SMILES string of the molecule is CCCCN(CCCC)CNC(=O)C(C)c1ccc(-c2ccccc2)c(F)c1. The fraction of sp³-hybridized carbons (Fsp3) is 0.458. The van der Waals surface area contributed by atoms with E-state index in [1.807, 2.05) is 43.3 Å². The first-order valence-corrected chi connectivity index (χ1v) is 10.4. The average Bonchev–Trinajstić information content (AvgIpc) is 2.73. The molecular weight excluding hydrogens is 351 g/mol. The summed E-state index contributed by atoms with van der Waals surface area (Å²) in [6, 6.07) is 14.6. The number of carbonyl (C=O) groups excluding carboxylic acids is 1. The largest absolute Gasteiger partial charge is 0.343 e. The minimum absolute atomic E-state index is 0.0649. The van der Waals surface area contributed by atoms with Gasteiger partial charge in [-0.25, -0.2) is 4.39 Å². The molecule has 0 aromatic heterocycles. The molecule has 0 saturated carbocycles. The Morgan fingerprint density at radius 1 is 1.04 bits per heavy atom. The maximum Gasteiger partial charge on any atom is 0.228 e. The first kappa shape index (κ1) is 22.1. The lowest BCUT2D eigenvalue weighted by atomic mass is 9.96. The van der Waals surface area contributed by atoms with Gasteiger partial charge in [0.25, 0.3) is 0 Å². The standard InChI is InChI=1S/C24H33FN2O/c1-4-6-15-27(16-7-5-2)18-26-24(28)19(3)21-13-14-22(23(25)17-21)20-11-9-8-10-12-20/h8-14,17,19H,4-7,15-16,18H2,1-3H3,(H,26,28). The monoisotopic (exact) mass is 384 g/mol. The van der Waals surface area contributed by atoms with E-state index < -0.39 is 5.92 Å². The van der Waals surface area contributed by atoms with Crippen molar-refractivity contribution in [1.82, 2.24) is 10.2 Å². The molecule has 3 nitrogen and oxygen atoms in total. The smallest absolute Gasteiger partial charge is 0.228 e. The second-order valence-electron chi connectivity index (χ2n) is 7.35. The first-order chi connectivity index (χ1) is 13.6. The van der Waals surface area contributed by atoms with Gasteiger partial charge in [0, 0.05) is 5.56 Å². The number of amides is 1. The molecule has 2 aromatic rings. The van der Waals surface area contributed by atoms with Crippen molar-refractivity contribution < 1.29 is 9.18 Å². The second kappa shape index (κ2) is 11.6. The van der Waals surface area contributed by atoms with Gasteiger partial charge in [-0.05, 0) is 50.0 Å². The van der Waals surface area contributed by atoms with Gasteiger partial charge in [-0.15, -0.1) is 0 Å². The van der Waals surface area contributed by atoms with Crippen LogP contribution in [0.5, 0.6) is 0 Å². The summed E-state index contributed by atoms with van der Waals surface area (Å²) in [5.74, 6) is -0.751. The number of nitrogens with zero attached hydrogens (tertiary/aromatic N) is 1. The summed E-state index contributed by atoms with van der Waals surface area (Å²) in [6.07, 6.45) is 4.53. The summed E-state index contributed by atoms with van der Waals surface area (Å²) >= 11 is 0. The van der Waals surface area contributed by atoms with Crippen molar-refractivity contribution in [3.8, 4) is 11.1 Å². The van der Waals surface area contributed by atoms with Crippen LogP contribution in [-0.2, 0) is 4.79 Å². The van der Waals surface area contributed by atoms with E-state index in [9.17, 15) is 9.18 Å². The lowest BCUT2D eigenvalue weighted by Crippen LogP contribution is -2.40. The molecule has 0 aliphatic rings. The number of hydrogen-bond acceptors (Lipinski definition) is 2. The van der Waals surface area contributed by atoms with Crippen LogP contribution in [0.4, 0.5) is 4.39 Å². The molecule has 0 fully saturated rings. The molecule has 0 saturated heterocycles. The zero-order valence-corrected chi connectivity index (χ0v) is 17.4.